The molecule has 1 unspecified atom stereocenters. The van der Waals surface area contributed by atoms with Crippen LogP contribution < -0.4 is 5.73 Å². The zero-order valence-electron chi connectivity index (χ0n) is 11.9. The molecule has 0 radical (unpaired) electrons. The second-order valence-electron chi connectivity index (χ2n) is 5.63. The molecule has 1 aliphatic heterocycles. The van der Waals surface area contributed by atoms with Crippen LogP contribution in [-0.4, -0.2) is 49.2 Å². The van der Waals surface area contributed by atoms with E-state index in [1.54, 1.807) is 13.8 Å². The molecule has 0 saturated carbocycles. The van der Waals surface area contributed by atoms with Gasteiger partial charge < -0.3 is 15.6 Å². The maximum atomic E-state index is 13.5. The summed E-state index contributed by atoms with van der Waals surface area (Å²) in [6.45, 7) is 3.26. The van der Waals surface area contributed by atoms with Gasteiger partial charge in [0.1, 0.15) is 10.7 Å². The fourth-order valence-electron chi connectivity index (χ4n) is 2.40. The first kappa shape index (κ1) is 16.2. The monoisotopic (exact) mass is 318 g/mol. The SMILES string of the molecule is CC1(C)CN(S(=O)(=O)c2cccc(F)c2N)CC(CO)O1. The van der Waals surface area contributed by atoms with Gasteiger partial charge in [0.15, 0.2) is 0 Å². The summed E-state index contributed by atoms with van der Waals surface area (Å²) in [5.74, 6) is -0.776. The Hall–Kier alpha value is -1.22. The standard InChI is InChI=1S/C13H19FN2O4S/c1-13(2)8-16(6-9(7-17)20-13)21(18,19)11-5-3-4-10(14)12(11)15/h3-5,9,17H,6-8,15H2,1-2H3. The minimum absolute atomic E-state index is 0.00177. The molecule has 118 valence electrons. The molecule has 2 rings (SSSR count). The lowest BCUT2D eigenvalue weighted by molar-refractivity contribution is -0.131. The molecule has 6 nitrogen and oxygen atoms in total. The minimum Gasteiger partial charge on any atom is -0.395 e. The van der Waals surface area contributed by atoms with E-state index in [9.17, 15) is 17.9 Å². The Morgan fingerprint density at radius 1 is 1.52 bits per heavy atom. The molecule has 0 aliphatic carbocycles. The average molecular weight is 318 g/mol. The Balaban J connectivity index is 2.41. The first-order valence-corrected chi connectivity index (χ1v) is 7.94. The molecule has 1 aromatic carbocycles. The van der Waals surface area contributed by atoms with Crippen molar-refractivity contribution < 1.29 is 22.7 Å². The first-order valence-electron chi connectivity index (χ1n) is 6.50. The summed E-state index contributed by atoms with van der Waals surface area (Å²) >= 11 is 0. The van der Waals surface area contributed by atoms with Crippen LogP contribution >= 0.6 is 0 Å². The molecule has 3 N–H and O–H groups in total. The second kappa shape index (κ2) is 5.53. The van der Waals surface area contributed by atoms with Gasteiger partial charge in [-0.2, -0.15) is 4.31 Å². The van der Waals surface area contributed by atoms with Gasteiger partial charge in [0.05, 0.1) is 24.0 Å². The molecule has 0 spiro atoms. The highest BCUT2D eigenvalue weighted by Crippen LogP contribution is 2.29. The Morgan fingerprint density at radius 3 is 2.81 bits per heavy atom. The minimum atomic E-state index is -3.95. The third-order valence-electron chi connectivity index (χ3n) is 3.28. The summed E-state index contributed by atoms with van der Waals surface area (Å²) in [6.07, 6.45) is -0.627. The van der Waals surface area contributed by atoms with Crippen LogP contribution in [0.5, 0.6) is 0 Å². The van der Waals surface area contributed by atoms with Gasteiger partial charge in [-0.3, -0.25) is 0 Å². The lowest BCUT2D eigenvalue weighted by atomic mass is 10.1. The van der Waals surface area contributed by atoms with E-state index >= 15 is 0 Å². The lowest BCUT2D eigenvalue weighted by Crippen LogP contribution is -2.55. The number of sulfonamides is 1. The van der Waals surface area contributed by atoms with Crippen LogP contribution in [-0.2, 0) is 14.8 Å². The summed E-state index contributed by atoms with van der Waals surface area (Å²) in [7, 11) is -3.95. The number of morpholine rings is 1. The van der Waals surface area contributed by atoms with Crippen LogP contribution in [0.3, 0.4) is 0 Å². The number of rotatable bonds is 3. The van der Waals surface area contributed by atoms with Crippen LogP contribution in [0.15, 0.2) is 23.1 Å². The summed E-state index contributed by atoms with van der Waals surface area (Å²) in [6, 6.07) is 3.67. The topological polar surface area (TPSA) is 92.9 Å². The van der Waals surface area contributed by atoms with Crippen molar-refractivity contribution in [2.24, 2.45) is 0 Å². The van der Waals surface area contributed by atoms with Crippen LogP contribution in [0.2, 0.25) is 0 Å². The number of aliphatic hydroxyl groups excluding tert-OH is 1. The number of aliphatic hydroxyl groups is 1. The van der Waals surface area contributed by atoms with E-state index in [0.29, 0.717) is 0 Å². The van der Waals surface area contributed by atoms with Crippen molar-refractivity contribution in [1.82, 2.24) is 4.31 Å². The van der Waals surface area contributed by atoms with E-state index in [0.717, 1.165) is 6.07 Å². The number of anilines is 1. The third kappa shape index (κ3) is 3.18. The van der Waals surface area contributed by atoms with Crippen LogP contribution in [0, 0.1) is 5.82 Å². The van der Waals surface area contributed by atoms with E-state index in [1.807, 2.05) is 0 Å². The highest BCUT2D eigenvalue weighted by atomic mass is 32.2. The van der Waals surface area contributed by atoms with Crippen LogP contribution in [0.1, 0.15) is 13.8 Å². The quantitative estimate of drug-likeness (QED) is 0.795. The zero-order chi connectivity index (χ0) is 15.8. The van der Waals surface area contributed by atoms with Gasteiger partial charge >= 0.3 is 0 Å². The molecule has 1 aliphatic rings. The van der Waals surface area contributed by atoms with Crippen molar-refractivity contribution in [2.75, 3.05) is 25.4 Å². The number of hydrogen-bond donors (Lipinski definition) is 2. The number of nitrogen functional groups attached to an aromatic ring is 1. The van der Waals surface area contributed by atoms with Gasteiger partial charge in [-0.25, -0.2) is 12.8 Å². The van der Waals surface area contributed by atoms with E-state index in [-0.39, 0.29) is 24.6 Å². The van der Waals surface area contributed by atoms with Gasteiger partial charge in [0, 0.05) is 13.1 Å². The van der Waals surface area contributed by atoms with Gasteiger partial charge in [-0.1, -0.05) is 6.07 Å². The molecule has 0 aromatic heterocycles. The molecule has 1 heterocycles. The van der Waals surface area contributed by atoms with Crippen molar-refractivity contribution >= 4 is 15.7 Å². The van der Waals surface area contributed by atoms with Gasteiger partial charge in [0.25, 0.3) is 0 Å². The fraction of sp³-hybridized carbons (Fsp3) is 0.538. The summed E-state index contributed by atoms with van der Waals surface area (Å²) in [5, 5.41) is 9.24. The van der Waals surface area contributed by atoms with Gasteiger partial charge in [-0.15, -0.1) is 0 Å². The Labute approximate surface area is 123 Å². The molecular weight excluding hydrogens is 299 g/mol. The number of nitrogens with two attached hydrogens (primary N) is 1. The first-order chi connectivity index (χ1) is 9.67. The van der Waals surface area contributed by atoms with Gasteiger partial charge in [0.2, 0.25) is 10.0 Å². The second-order valence-corrected chi connectivity index (χ2v) is 7.54. The molecule has 1 fully saturated rings. The van der Waals surface area contributed by atoms with Crippen molar-refractivity contribution in [2.45, 2.75) is 30.4 Å². The van der Waals surface area contributed by atoms with Crippen molar-refractivity contribution in [3.05, 3.63) is 24.0 Å². The van der Waals surface area contributed by atoms with E-state index in [4.69, 9.17) is 10.5 Å². The molecule has 0 amide bonds. The normalized spacial score (nSPS) is 23.1. The number of hydrogen-bond acceptors (Lipinski definition) is 5. The fourth-order valence-corrected chi connectivity index (χ4v) is 4.15. The Kier molecular flexibility index (Phi) is 4.25. The molecule has 1 saturated heterocycles. The van der Waals surface area contributed by atoms with Crippen LogP contribution in [0.25, 0.3) is 0 Å². The summed E-state index contributed by atoms with van der Waals surface area (Å²) in [4.78, 5) is -0.267. The maximum Gasteiger partial charge on any atom is 0.245 e. The van der Waals surface area contributed by atoms with Crippen molar-refractivity contribution in [3.63, 3.8) is 0 Å². The molecule has 1 atom stereocenters. The molecular formula is C13H19FN2O4S. The van der Waals surface area contributed by atoms with Crippen molar-refractivity contribution in [3.8, 4) is 0 Å². The molecule has 0 bridgehead atoms. The largest absolute Gasteiger partial charge is 0.395 e. The molecule has 1 aromatic rings. The highest BCUT2D eigenvalue weighted by molar-refractivity contribution is 7.89. The summed E-state index contributed by atoms with van der Waals surface area (Å²) in [5.41, 5.74) is 4.40. The number of halogens is 1. The van der Waals surface area contributed by atoms with Crippen LogP contribution in [0.4, 0.5) is 10.1 Å². The number of ether oxygens (including phenoxy) is 1. The van der Waals surface area contributed by atoms with E-state index in [2.05, 4.69) is 0 Å². The Morgan fingerprint density at radius 2 is 2.19 bits per heavy atom. The zero-order valence-corrected chi connectivity index (χ0v) is 12.7. The predicted molar refractivity (Wildman–Crippen MR) is 75.6 cm³/mol. The number of benzene rings is 1. The molecule has 21 heavy (non-hydrogen) atoms. The smallest absolute Gasteiger partial charge is 0.245 e. The lowest BCUT2D eigenvalue weighted by Gasteiger charge is -2.41. The average Bonchev–Trinajstić information content (AvgIpc) is 2.39. The highest BCUT2D eigenvalue weighted by Gasteiger charge is 2.40. The van der Waals surface area contributed by atoms with E-state index < -0.39 is 33.2 Å². The maximum absolute atomic E-state index is 13.5. The third-order valence-corrected chi connectivity index (χ3v) is 5.15. The van der Waals surface area contributed by atoms with E-state index in [1.165, 1.54) is 16.4 Å². The van der Waals surface area contributed by atoms with Gasteiger partial charge in [-0.05, 0) is 26.0 Å². The predicted octanol–water partition coefficient (Wildman–Crippen LogP) is 0.568. The summed E-state index contributed by atoms with van der Waals surface area (Å²) < 4.78 is 45.5. The number of nitrogens with zero attached hydrogens (tertiary/aromatic N) is 1. The van der Waals surface area contributed by atoms with Crippen molar-refractivity contribution in [1.29, 1.82) is 0 Å². The molecule has 8 heteroatoms. The number of para-hydroxylation sites is 1. The Bertz CT molecular complexity index is 633.